The number of ether oxygens (including phenoxy) is 1. The maximum absolute atomic E-state index is 12.7. The van der Waals surface area contributed by atoms with E-state index in [2.05, 4.69) is 42.0 Å². The number of pyridine rings is 1. The summed E-state index contributed by atoms with van der Waals surface area (Å²) in [5, 5.41) is 2.96. The quantitative estimate of drug-likeness (QED) is 0.753. The van der Waals surface area contributed by atoms with Gasteiger partial charge in [-0.2, -0.15) is 0 Å². The normalized spacial score (nSPS) is 14.8. The Morgan fingerprint density at radius 3 is 2.22 bits per heavy atom. The van der Waals surface area contributed by atoms with Gasteiger partial charge in [-0.05, 0) is 56.0 Å². The van der Waals surface area contributed by atoms with E-state index in [1.165, 1.54) is 0 Å². The van der Waals surface area contributed by atoms with Crippen molar-refractivity contribution in [3.8, 4) is 0 Å². The number of aromatic nitrogens is 1. The Morgan fingerprint density at radius 1 is 0.969 bits per heavy atom. The number of anilines is 2. The van der Waals surface area contributed by atoms with Crippen molar-refractivity contribution in [2.45, 2.75) is 52.6 Å². The first-order chi connectivity index (χ1) is 14.9. The minimum absolute atomic E-state index is 0.0114. The van der Waals surface area contributed by atoms with Gasteiger partial charge in [-0.15, -0.1) is 0 Å². The molecule has 2 heterocycles. The van der Waals surface area contributed by atoms with Crippen LogP contribution in [0.2, 0.25) is 0 Å². The van der Waals surface area contributed by atoms with E-state index in [9.17, 15) is 9.59 Å². The number of rotatable bonds is 3. The summed E-state index contributed by atoms with van der Waals surface area (Å²) in [6.45, 7) is 14.5. The summed E-state index contributed by atoms with van der Waals surface area (Å²) in [5.41, 5.74) is 1.94. The lowest BCUT2D eigenvalue weighted by Gasteiger charge is -2.36. The number of nitrogens with zero attached hydrogens (tertiary/aromatic N) is 3. The molecule has 2 aromatic rings. The van der Waals surface area contributed by atoms with Crippen LogP contribution in [0, 0.1) is 0 Å². The van der Waals surface area contributed by atoms with Crippen LogP contribution in [-0.4, -0.2) is 53.7 Å². The summed E-state index contributed by atoms with van der Waals surface area (Å²) in [6, 6.07) is 11.5. The van der Waals surface area contributed by atoms with Crippen LogP contribution in [0.25, 0.3) is 0 Å². The Balaban J connectivity index is 1.58. The lowest BCUT2D eigenvalue weighted by molar-refractivity contribution is 0.0240. The number of carbonyl (C=O) groups excluding carboxylic acids is 2. The SMILES string of the molecule is CC(C)(C)OC(=O)N1CCN(c2ccc(C(=O)Nc3cccc(C(C)(C)C)c3)cn2)CC1. The minimum atomic E-state index is -0.500. The third-order valence-electron chi connectivity index (χ3n) is 5.25. The van der Waals surface area contributed by atoms with Crippen LogP contribution >= 0.6 is 0 Å². The first-order valence-corrected chi connectivity index (χ1v) is 11.0. The highest BCUT2D eigenvalue weighted by molar-refractivity contribution is 6.04. The summed E-state index contributed by atoms with van der Waals surface area (Å²) >= 11 is 0. The third-order valence-corrected chi connectivity index (χ3v) is 5.25. The zero-order valence-electron chi connectivity index (χ0n) is 19.9. The fourth-order valence-electron chi connectivity index (χ4n) is 3.42. The van der Waals surface area contributed by atoms with Crippen molar-refractivity contribution in [2.24, 2.45) is 0 Å². The highest BCUT2D eigenvalue weighted by Crippen LogP contribution is 2.25. The summed E-state index contributed by atoms with van der Waals surface area (Å²) in [5.74, 6) is 0.602. The maximum Gasteiger partial charge on any atom is 0.410 e. The van der Waals surface area contributed by atoms with E-state index < -0.39 is 5.60 Å². The minimum Gasteiger partial charge on any atom is -0.444 e. The van der Waals surface area contributed by atoms with Crippen molar-refractivity contribution in [1.82, 2.24) is 9.88 Å². The van der Waals surface area contributed by atoms with Gasteiger partial charge in [0.05, 0.1) is 5.56 Å². The molecule has 0 aliphatic carbocycles. The highest BCUT2D eigenvalue weighted by atomic mass is 16.6. The fraction of sp³-hybridized carbons (Fsp3) is 0.480. The maximum atomic E-state index is 12.7. The molecule has 1 aromatic carbocycles. The van der Waals surface area contributed by atoms with Gasteiger partial charge in [0.25, 0.3) is 5.91 Å². The second kappa shape index (κ2) is 9.18. The lowest BCUT2D eigenvalue weighted by Crippen LogP contribution is -2.50. The van der Waals surface area contributed by atoms with Crippen molar-refractivity contribution < 1.29 is 14.3 Å². The largest absolute Gasteiger partial charge is 0.444 e. The molecule has 1 saturated heterocycles. The summed E-state index contributed by atoms with van der Waals surface area (Å²) in [7, 11) is 0. The smallest absolute Gasteiger partial charge is 0.410 e. The van der Waals surface area contributed by atoms with E-state index in [1.54, 1.807) is 17.2 Å². The number of carbonyl (C=O) groups is 2. The van der Waals surface area contributed by atoms with Crippen LogP contribution in [0.15, 0.2) is 42.6 Å². The number of piperazine rings is 1. The predicted octanol–water partition coefficient (Wildman–Crippen LogP) is 4.69. The van der Waals surface area contributed by atoms with E-state index in [0.717, 1.165) is 17.1 Å². The molecule has 32 heavy (non-hydrogen) atoms. The van der Waals surface area contributed by atoms with E-state index in [1.807, 2.05) is 45.0 Å². The van der Waals surface area contributed by atoms with Gasteiger partial charge in [-0.1, -0.05) is 32.9 Å². The van der Waals surface area contributed by atoms with Crippen LogP contribution < -0.4 is 10.2 Å². The third kappa shape index (κ3) is 6.22. The van der Waals surface area contributed by atoms with Gasteiger partial charge in [-0.3, -0.25) is 4.79 Å². The van der Waals surface area contributed by atoms with Gasteiger partial charge in [0.2, 0.25) is 0 Å². The molecule has 0 unspecified atom stereocenters. The van der Waals surface area contributed by atoms with Gasteiger partial charge < -0.3 is 19.9 Å². The van der Waals surface area contributed by atoms with Crippen LogP contribution in [-0.2, 0) is 10.2 Å². The first-order valence-electron chi connectivity index (χ1n) is 11.0. The molecule has 1 fully saturated rings. The monoisotopic (exact) mass is 438 g/mol. The van der Waals surface area contributed by atoms with Crippen molar-refractivity contribution in [3.63, 3.8) is 0 Å². The van der Waals surface area contributed by atoms with E-state index in [4.69, 9.17) is 4.74 Å². The number of amides is 2. The van der Waals surface area contributed by atoms with Crippen LogP contribution in [0.4, 0.5) is 16.3 Å². The van der Waals surface area contributed by atoms with Gasteiger partial charge >= 0.3 is 6.09 Å². The van der Waals surface area contributed by atoms with Crippen molar-refractivity contribution in [1.29, 1.82) is 0 Å². The molecule has 7 heteroatoms. The Kier molecular flexibility index (Phi) is 6.77. The zero-order chi connectivity index (χ0) is 23.5. The number of hydrogen-bond donors (Lipinski definition) is 1. The molecule has 172 valence electrons. The molecule has 0 radical (unpaired) electrons. The second-order valence-corrected chi connectivity index (χ2v) is 10.1. The first kappa shape index (κ1) is 23.6. The van der Waals surface area contributed by atoms with Crippen LogP contribution in [0.1, 0.15) is 57.5 Å². The summed E-state index contributed by atoms with van der Waals surface area (Å²) < 4.78 is 5.44. The van der Waals surface area contributed by atoms with Crippen LogP contribution in [0.3, 0.4) is 0 Å². The lowest BCUT2D eigenvalue weighted by atomic mass is 9.87. The molecular weight excluding hydrogens is 404 g/mol. The van der Waals surface area contributed by atoms with Gasteiger partial charge in [0.15, 0.2) is 0 Å². The molecule has 0 atom stereocenters. The van der Waals surface area contributed by atoms with E-state index in [0.29, 0.717) is 31.7 Å². The molecule has 1 aliphatic rings. The summed E-state index contributed by atoms with van der Waals surface area (Å²) in [6.07, 6.45) is 1.31. The van der Waals surface area contributed by atoms with Gasteiger partial charge in [0.1, 0.15) is 11.4 Å². The molecule has 0 spiro atoms. The van der Waals surface area contributed by atoms with Gasteiger partial charge in [0, 0.05) is 38.1 Å². The molecule has 1 aromatic heterocycles. The molecule has 1 aliphatic heterocycles. The average Bonchev–Trinajstić information content (AvgIpc) is 2.72. The number of nitrogens with one attached hydrogen (secondary N) is 1. The number of benzene rings is 1. The van der Waals surface area contributed by atoms with Crippen molar-refractivity contribution in [2.75, 3.05) is 36.4 Å². The Labute approximate surface area is 190 Å². The zero-order valence-corrected chi connectivity index (χ0v) is 19.9. The summed E-state index contributed by atoms with van der Waals surface area (Å²) in [4.78, 5) is 33.2. The Morgan fingerprint density at radius 2 is 1.66 bits per heavy atom. The van der Waals surface area contributed by atoms with Crippen molar-refractivity contribution >= 4 is 23.5 Å². The molecule has 2 amide bonds. The van der Waals surface area contributed by atoms with Crippen LogP contribution in [0.5, 0.6) is 0 Å². The standard InChI is InChI=1S/C25H34N4O3/c1-24(2,3)19-8-7-9-20(16-19)27-22(30)18-10-11-21(26-17-18)28-12-14-29(15-13-28)23(31)32-25(4,5)6/h7-11,16-17H,12-15H2,1-6H3,(H,27,30). The molecule has 7 nitrogen and oxygen atoms in total. The van der Waals surface area contributed by atoms with E-state index in [-0.39, 0.29) is 17.4 Å². The molecule has 3 rings (SSSR count). The fourth-order valence-corrected chi connectivity index (χ4v) is 3.42. The molecule has 0 saturated carbocycles. The average molecular weight is 439 g/mol. The predicted molar refractivity (Wildman–Crippen MR) is 127 cm³/mol. The number of hydrogen-bond acceptors (Lipinski definition) is 5. The molecule has 1 N–H and O–H groups in total. The Hall–Kier alpha value is -3.09. The molecule has 0 bridgehead atoms. The Bertz CT molecular complexity index is 950. The second-order valence-electron chi connectivity index (χ2n) is 10.1. The molecular formula is C25H34N4O3. The van der Waals surface area contributed by atoms with E-state index >= 15 is 0 Å². The highest BCUT2D eigenvalue weighted by Gasteiger charge is 2.26. The van der Waals surface area contributed by atoms with Gasteiger partial charge in [-0.25, -0.2) is 9.78 Å². The topological polar surface area (TPSA) is 74.8 Å². The van der Waals surface area contributed by atoms with Crippen molar-refractivity contribution in [3.05, 3.63) is 53.7 Å².